The van der Waals surface area contributed by atoms with Crippen LogP contribution in [0.4, 0.5) is 5.82 Å². The highest BCUT2D eigenvalue weighted by Crippen LogP contribution is 2.33. The lowest BCUT2D eigenvalue weighted by atomic mass is 10.1. The number of aliphatic hydroxyl groups is 1. The molecule has 1 fully saturated rings. The second kappa shape index (κ2) is 9.93. The number of nitrogens with zero attached hydrogens (tertiary/aromatic N) is 4. The number of carbonyl (C=O) groups is 2. The maximum Gasteiger partial charge on any atom is 0.335 e. The average Bonchev–Trinajstić information content (AvgIpc) is 3.37. The van der Waals surface area contributed by atoms with Crippen molar-refractivity contribution < 1.29 is 24.5 Å². The first kappa shape index (κ1) is 23.3. The number of hydrogen-bond acceptors (Lipinski definition) is 11. The van der Waals surface area contributed by atoms with Gasteiger partial charge in [0.05, 0.1) is 18.4 Å². The molecule has 3 aromatic rings. The van der Waals surface area contributed by atoms with Crippen LogP contribution in [0.15, 0.2) is 47.9 Å². The van der Waals surface area contributed by atoms with Crippen LogP contribution < -0.4 is 16.8 Å². The van der Waals surface area contributed by atoms with Crippen LogP contribution in [-0.4, -0.2) is 71.7 Å². The quantitative estimate of drug-likeness (QED) is 0.265. The van der Waals surface area contributed by atoms with Gasteiger partial charge in [0, 0.05) is 10.6 Å². The van der Waals surface area contributed by atoms with Gasteiger partial charge in [0.25, 0.3) is 0 Å². The Morgan fingerprint density at radius 3 is 2.73 bits per heavy atom. The molecule has 4 rings (SSSR count). The van der Waals surface area contributed by atoms with E-state index in [0.717, 1.165) is 4.90 Å². The fourth-order valence-corrected chi connectivity index (χ4v) is 5.49. The predicted octanol–water partition coefficient (Wildman–Crippen LogP) is 0.00400. The van der Waals surface area contributed by atoms with Gasteiger partial charge < -0.3 is 31.7 Å². The summed E-state index contributed by atoms with van der Waals surface area (Å²) in [5.41, 5.74) is 12.3. The van der Waals surface area contributed by atoms with Gasteiger partial charge in [-0.15, -0.1) is 0 Å². The minimum Gasteiger partial charge on any atom is -0.479 e. The van der Waals surface area contributed by atoms with Crippen molar-refractivity contribution in [1.82, 2.24) is 24.8 Å². The van der Waals surface area contributed by atoms with Crippen molar-refractivity contribution in [1.29, 1.82) is 0 Å². The van der Waals surface area contributed by atoms with Gasteiger partial charge in [0.2, 0.25) is 5.91 Å². The number of anilines is 1. The standard InChI is InChI=1S/C19H21N7O5S2/c20-10(6-32-33-9-4-2-1-3-5-9)17(28)25-11-13(27)18(31-14(11)19(29)30)26-8-24-12-15(21)22-7-23-16(12)26/h1-5,7-8,10-11,13-14,18,27H,6,20H2,(H,25,28)(H,29,30)(H2,21,22,23). The summed E-state index contributed by atoms with van der Waals surface area (Å²) in [5, 5.41) is 23.0. The van der Waals surface area contributed by atoms with E-state index >= 15 is 0 Å². The van der Waals surface area contributed by atoms with Crippen LogP contribution in [0.2, 0.25) is 0 Å². The highest BCUT2D eigenvalue weighted by molar-refractivity contribution is 8.76. The van der Waals surface area contributed by atoms with Crippen LogP contribution >= 0.6 is 21.6 Å². The van der Waals surface area contributed by atoms with Crippen LogP contribution in [0.3, 0.4) is 0 Å². The van der Waals surface area contributed by atoms with E-state index in [4.69, 9.17) is 16.2 Å². The number of amides is 1. The Labute approximate surface area is 195 Å². The Hall–Kier alpha value is -2.91. The Kier molecular flexibility index (Phi) is 6.99. The lowest BCUT2D eigenvalue weighted by Crippen LogP contribution is -2.54. The number of aliphatic hydroxyl groups excluding tert-OH is 1. The van der Waals surface area contributed by atoms with Crippen molar-refractivity contribution in [2.24, 2.45) is 5.73 Å². The van der Waals surface area contributed by atoms with Crippen LogP contribution in [0.5, 0.6) is 0 Å². The van der Waals surface area contributed by atoms with E-state index in [9.17, 15) is 19.8 Å². The summed E-state index contributed by atoms with van der Waals surface area (Å²) < 4.78 is 6.92. The third kappa shape index (κ3) is 4.89. The zero-order valence-corrected chi connectivity index (χ0v) is 18.6. The number of nitrogens with two attached hydrogens (primary N) is 2. The molecule has 3 heterocycles. The van der Waals surface area contributed by atoms with E-state index in [1.54, 1.807) is 0 Å². The molecular weight excluding hydrogens is 470 g/mol. The zero-order chi connectivity index (χ0) is 23.5. The van der Waals surface area contributed by atoms with E-state index in [0.29, 0.717) is 0 Å². The molecule has 0 radical (unpaired) electrons. The minimum absolute atomic E-state index is 0.128. The number of imidazole rings is 1. The van der Waals surface area contributed by atoms with Gasteiger partial charge in [-0.1, -0.05) is 39.8 Å². The second-order valence-electron chi connectivity index (χ2n) is 7.18. The molecule has 2 aromatic heterocycles. The Morgan fingerprint density at radius 1 is 1.24 bits per heavy atom. The van der Waals surface area contributed by atoms with Gasteiger partial charge in [-0.2, -0.15) is 0 Å². The lowest BCUT2D eigenvalue weighted by molar-refractivity contribution is -0.152. The molecule has 5 atom stereocenters. The molecule has 14 heteroatoms. The second-order valence-corrected chi connectivity index (χ2v) is 9.60. The van der Waals surface area contributed by atoms with Gasteiger partial charge in [-0.3, -0.25) is 9.36 Å². The normalized spacial score (nSPS) is 23.5. The van der Waals surface area contributed by atoms with Gasteiger partial charge in [-0.05, 0) is 12.1 Å². The Balaban J connectivity index is 1.44. The fourth-order valence-electron chi connectivity index (χ4n) is 3.33. The van der Waals surface area contributed by atoms with Crippen molar-refractivity contribution >= 4 is 50.4 Å². The highest BCUT2D eigenvalue weighted by atomic mass is 33.1. The number of carboxylic acid groups (broad SMARTS) is 1. The summed E-state index contributed by atoms with van der Waals surface area (Å²) >= 11 is 0. The van der Waals surface area contributed by atoms with Gasteiger partial charge in [0.1, 0.15) is 17.9 Å². The molecule has 1 saturated heterocycles. The average molecular weight is 492 g/mol. The van der Waals surface area contributed by atoms with Crippen LogP contribution in [0.1, 0.15) is 6.23 Å². The SMILES string of the molecule is Nc1ncnc2c1ncn2C1OC(C(=O)O)C(NC(=O)C(N)CSSc2ccccc2)C1O. The third-order valence-electron chi connectivity index (χ3n) is 4.97. The number of nitrogens with one attached hydrogen (secondary N) is 1. The summed E-state index contributed by atoms with van der Waals surface area (Å²) in [5.74, 6) is -1.54. The molecule has 7 N–H and O–H groups in total. The number of fused-ring (bicyclic) bond motifs is 1. The molecule has 1 amide bonds. The van der Waals surface area contributed by atoms with Crippen LogP contribution in [0, 0.1) is 0 Å². The maximum atomic E-state index is 12.6. The molecule has 1 aliphatic rings. The topological polar surface area (TPSA) is 192 Å². The molecule has 1 aromatic carbocycles. The Morgan fingerprint density at radius 2 is 2.00 bits per heavy atom. The molecule has 174 valence electrons. The van der Waals surface area contributed by atoms with Gasteiger partial charge in [-0.25, -0.2) is 19.7 Å². The summed E-state index contributed by atoms with van der Waals surface area (Å²) in [6.07, 6.45) is -1.56. The number of benzene rings is 1. The molecule has 0 bridgehead atoms. The maximum absolute atomic E-state index is 12.6. The predicted molar refractivity (Wildman–Crippen MR) is 122 cm³/mol. The molecule has 33 heavy (non-hydrogen) atoms. The van der Waals surface area contributed by atoms with E-state index < -0.39 is 42.4 Å². The summed E-state index contributed by atoms with van der Waals surface area (Å²) in [4.78, 5) is 37.4. The molecular formula is C19H21N7O5S2. The number of rotatable bonds is 8. The first-order chi connectivity index (χ1) is 15.9. The van der Waals surface area contributed by atoms with E-state index in [1.807, 2.05) is 30.3 Å². The zero-order valence-electron chi connectivity index (χ0n) is 17.0. The van der Waals surface area contributed by atoms with Gasteiger partial charge in [0.15, 0.2) is 23.8 Å². The molecule has 1 aliphatic heterocycles. The summed E-state index contributed by atoms with van der Waals surface area (Å²) in [6.45, 7) is 0. The molecule has 0 aliphatic carbocycles. The monoisotopic (exact) mass is 491 g/mol. The number of aliphatic carboxylic acids is 1. The fraction of sp³-hybridized carbons (Fsp3) is 0.316. The highest BCUT2D eigenvalue weighted by Gasteiger charge is 2.49. The van der Waals surface area contributed by atoms with E-state index in [1.165, 1.54) is 38.8 Å². The smallest absolute Gasteiger partial charge is 0.335 e. The minimum atomic E-state index is -1.51. The number of hydrogen-bond donors (Lipinski definition) is 5. The molecule has 12 nitrogen and oxygen atoms in total. The number of ether oxygens (including phenoxy) is 1. The molecule has 5 unspecified atom stereocenters. The number of aromatic nitrogens is 4. The van der Waals surface area contributed by atoms with Crippen molar-refractivity contribution in [3.8, 4) is 0 Å². The van der Waals surface area contributed by atoms with E-state index in [-0.39, 0.29) is 22.7 Å². The molecule has 0 saturated carbocycles. The Bertz CT molecular complexity index is 1150. The number of nitrogen functional groups attached to an aromatic ring is 1. The van der Waals surface area contributed by atoms with Crippen molar-refractivity contribution in [3.63, 3.8) is 0 Å². The van der Waals surface area contributed by atoms with Gasteiger partial charge >= 0.3 is 5.97 Å². The first-order valence-electron chi connectivity index (χ1n) is 9.76. The van der Waals surface area contributed by atoms with Crippen LogP contribution in [0.25, 0.3) is 11.2 Å². The molecule has 0 spiro atoms. The lowest BCUT2D eigenvalue weighted by Gasteiger charge is -2.22. The largest absolute Gasteiger partial charge is 0.479 e. The van der Waals surface area contributed by atoms with Crippen LogP contribution in [-0.2, 0) is 14.3 Å². The van der Waals surface area contributed by atoms with E-state index in [2.05, 4.69) is 20.3 Å². The number of carboxylic acids is 1. The third-order valence-corrected chi connectivity index (χ3v) is 7.39. The number of carbonyl (C=O) groups excluding carboxylic acids is 1. The summed E-state index contributed by atoms with van der Waals surface area (Å²) in [7, 11) is 2.86. The summed E-state index contributed by atoms with van der Waals surface area (Å²) in [6, 6.07) is 7.43. The van der Waals surface area contributed by atoms with Crippen molar-refractivity contribution in [3.05, 3.63) is 43.0 Å². The van der Waals surface area contributed by atoms with Crippen molar-refractivity contribution in [2.45, 2.75) is 35.4 Å². The van der Waals surface area contributed by atoms with Crippen molar-refractivity contribution in [2.75, 3.05) is 11.5 Å². The first-order valence-corrected chi connectivity index (χ1v) is 12.1.